The Morgan fingerprint density at radius 2 is 1.14 bits per heavy atom. The van der Waals surface area contributed by atoms with Gasteiger partial charge < -0.3 is 10.0 Å². The van der Waals surface area contributed by atoms with Gasteiger partial charge in [-0.25, -0.2) is 4.98 Å². The van der Waals surface area contributed by atoms with E-state index in [0.29, 0.717) is 10.6 Å². The van der Waals surface area contributed by atoms with Crippen LogP contribution in [0.25, 0.3) is 11.3 Å². The Hall–Kier alpha value is -2.99. The van der Waals surface area contributed by atoms with Crippen LogP contribution < -0.4 is 5.46 Å². The van der Waals surface area contributed by atoms with E-state index in [1.54, 1.807) is 36.5 Å². The maximum absolute atomic E-state index is 8.58. The first-order valence-electron chi connectivity index (χ1n) is 8.61. The largest absolute Gasteiger partial charge is 0.488 e. The number of pyridine rings is 2. The fourth-order valence-electron chi connectivity index (χ4n) is 2.11. The van der Waals surface area contributed by atoms with Crippen LogP contribution in [-0.4, -0.2) is 27.1 Å². The van der Waals surface area contributed by atoms with Gasteiger partial charge in [-0.15, -0.1) is 0 Å². The summed E-state index contributed by atoms with van der Waals surface area (Å²) in [7, 11) is -1.34. The van der Waals surface area contributed by atoms with Gasteiger partial charge >= 0.3 is 7.12 Å². The van der Waals surface area contributed by atoms with E-state index in [4.69, 9.17) is 21.6 Å². The van der Waals surface area contributed by atoms with Crippen molar-refractivity contribution >= 4 is 24.2 Å². The summed E-state index contributed by atoms with van der Waals surface area (Å²) in [4.78, 5) is 7.99. The zero-order valence-electron chi connectivity index (χ0n) is 15.1. The van der Waals surface area contributed by atoms with Crippen molar-refractivity contribution in [3.8, 4) is 11.3 Å². The second-order valence-corrected chi connectivity index (χ2v) is 5.91. The molecule has 0 amide bonds. The molecule has 2 aromatic heterocycles. The second-order valence-electron chi connectivity index (χ2n) is 5.52. The Balaban J connectivity index is 0.000000157. The van der Waals surface area contributed by atoms with Gasteiger partial charge in [0.15, 0.2) is 0 Å². The Labute approximate surface area is 170 Å². The Bertz CT molecular complexity index is 859. The summed E-state index contributed by atoms with van der Waals surface area (Å²) in [6.45, 7) is 0. The molecule has 2 heterocycles. The lowest BCUT2D eigenvalue weighted by atomic mass is 9.81. The van der Waals surface area contributed by atoms with Crippen LogP contribution >= 0.6 is 11.6 Å². The lowest BCUT2D eigenvalue weighted by Crippen LogP contribution is -2.29. The molecule has 0 aliphatic heterocycles. The highest BCUT2D eigenvalue weighted by molar-refractivity contribution is 6.58. The standard InChI is InChI=1S/C11H9N.C6H7BO2.C5H4ClN/c1-2-6-10(7-3-1)11-8-4-5-9-12-11;8-7(9)6-4-2-1-3-5-6;6-5-3-1-2-4-7-5/h1-9H;1-5,8-9H;1-4H. The lowest BCUT2D eigenvalue weighted by Gasteiger charge is -1.97. The van der Waals surface area contributed by atoms with Crippen LogP contribution in [-0.2, 0) is 0 Å². The van der Waals surface area contributed by atoms with Crippen molar-refractivity contribution in [3.63, 3.8) is 0 Å². The molecule has 4 nitrogen and oxygen atoms in total. The van der Waals surface area contributed by atoms with Gasteiger partial charge in [-0.2, -0.15) is 0 Å². The predicted molar refractivity (Wildman–Crippen MR) is 115 cm³/mol. The third-order valence-electron chi connectivity index (χ3n) is 3.46. The molecule has 4 rings (SSSR count). The summed E-state index contributed by atoms with van der Waals surface area (Å²) in [6.07, 6.45) is 3.46. The highest BCUT2D eigenvalue weighted by atomic mass is 35.5. The number of hydrogen-bond donors (Lipinski definition) is 2. The summed E-state index contributed by atoms with van der Waals surface area (Å²) in [6, 6.07) is 30.1. The molecule has 6 heteroatoms. The highest BCUT2D eigenvalue weighted by Crippen LogP contribution is 2.14. The second kappa shape index (κ2) is 12.4. The van der Waals surface area contributed by atoms with E-state index in [1.807, 2.05) is 60.8 Å². The summed E-state index contributed by atoms with van der Waals surface area (Å²) in [5.74, 6) is 0. The SMILES string of the molecule is Clc1ccccn1.OB(O)c1ccccc1.c1ccc(-c2ccccn2)cc1. The summed E-state index contributed by atoms with van der Waals surface area (Å²) >= 11 is 5.43. The van der Waals surface area contributed by atoms with Gasteiger partial charge in [-0.1, -0.05) is 84.4 Å². The Morgan fingerprint density at radius 3 is 1.54 bits per heavy atom. The van der Waals surface area contributed by atoms with Crippen LogP contribution in [0.5, 0.6) is 0 Å². The first-order chi connectivity index (χ1) is 13.7. The summed E-state index contributed by atoms with van der Waals surface area (Å²) in [5, 5.41) is 17.7. The van der Waals surface area contributed by atoms with E-state index in [-0.39, 0.29) is 0 Å². The molecule has 0 saturated heterocycles. The molecule has 0 radical (unpaired) electrons. The fourth-order valence-corrected chi connectivity index (χ4v) is 2.24. The van der Waals surface area contributed by atoms with E-state index in [9.17, 15) is 0 Å². The van der Waals surface area contributed by atoms with Crippen molar-refractivity contribution in [2.24, 2.45) is 0 Å². The topological polar surface area (TPSA) is 66.2 Å². The molecule has 28 heavy (non-hydrogen) atoms. The zero-order valence-corrected chi connectivity index (χ0v) is 15.9. The van der Waals surface area contributed by atoms with Crippen molar-refractivity contribution in [3.05, 3.63) is 115 Å². The maximum Gasteiger partial charge on any atom is 0.488 e. The zero-order chi connectivity index (χ0) is 20.0. The molecule has 2 aromatic carbocycles. The monoisotopic (exact) mass is 390 g/mol. The van der Waals surface area contributed by atoms with Crippen molar-refractivity contribution in [1.29, 1.82) is 0 Å². The van der Waals surface area contributed by atoms with E-state index in [1.165, 1.54) is 0 Å². The number of nitrogens with zero attached hydrogens (tertiary/aromatic N) is 2. The first-order valence-corrected chi connectivity index (χ1v) is 8.98. The maximum atomic E-state index is 8.58. The van der Waals surface area contributed by atoms with Gasteiger partial charge in [0, 0.05) is 18.0 Å². The molecule has 140 valence electrons. The van der Waals surface area contributed by atoms with E-state index in [2.05, 4.69) is 22.1 Å². The number of rotatable bonds is 2. The number of aromatic nitrogens is 2. The molecule has 0 bridgehead atoms. The number of hydrogen-bond acceptors (Lipinski definition) is 4. The van der Waals surface area contributed by atoms with Crippen molar-refractivity contribution in [2.75, 3.05) is 0 Å². The van der Waals surface area contributed by atoms with Crippen LogP contribution in [0, 0.1) is 0 Å². The first kappa shape index (κ1) is 21.3. The molecular formula is C22H20BClN2O2. The number of benzene rings is 2. The summed E-state index contributed by atoms with van der Waals surface area (Å²) in [5.41, 5.74) is 2.72. The third kappa shape index (κ3) is 8.14. The van der Waals surface area contributed by atoms with Gasteiger partial charge in [0.1, 0.15) is 5.15 Å². The van der Waals surface area contributed by atoms with Gasteiger partial charge in [0.05, 0.1) is 5.69 Å². The molecule has 0 fully saturated rings. The molecule has 0 unspecified atom stereocenters. The highest BCUT2D eigenvalue weighted by Gasteiger charge is 2.07. The molecule has 2 N–H and O–H groups in total. The Morgan fingerprint density at radius 1 is 0.607 bits per heavy atom. The van der Waals surface area contributed by atoms with Gasteiger partial charge in [-0.05, 0) is 29.7 Å². The van der Waals surface area contributed by atoms with E-state index < -0.39 is 7.12 Å². The van der Waals surface area contributed by atoms with Crippen molar-refractivity contribution in [1.82, 2.24) is 9.97 Å². The van der Waals surface area contributed by atoms with E-state index in [0.717, 1.165) is 11.3 Å². The summed E-state index contributed by atoms with van der Waals surface area (Å²) < 4.78 is 0. The molecule has 0 spiro atoms. The van der Waals surface area contributed by atoms with Crippen molar-refractivity contribution < 1.29 is 10.0 Å². The van der Waals surface area contributed by atoms with Crippen LogP contribution in [0.4, 0.5) is 0 Å². The molecular weight excluding hydrogens is 371 g/mol. The predicted octanol–water partition coefficient (Wildman–Crippen LogP) is 3.85. The smallest absolute Gasteiger partial charge is 0.423 e. The van der Waals surface area contributed by atoms with Gasteiger partial charge in [0.25, 0.3) is 0 Å². The Kier molecular flexibility index (Phi) is 9.45. The van der Waals surface area contributed by atoms with Crippen LogP contribution in [0.2, 0.25) is 5.15 Å². The van der Waals surface area contributed by atoms with Gasteiger partial charge in [-0.3, -0.25) is 4.98 Å². The molecule has 0 aliphatic rings. The normalized spacial score (nSPS) is 9.25. The quantitative estimate of drug-likeness (QED) is 0.403. The lowest BCUT2D eigenvalue weighted by molar-refractivity contribution is 0.426. The number of halogens is 1. The minimum Gasteiger partial charge on any atom is -0.423 e. The fraction of sp³-hybridized carbons (Fsp3) is 0. The van der Waals surface area contributed by atoms with Crippen molar-refractivity contribution in [2.45, 2.75) is 0 Å². The molecule has 0 aliphatic carbocycles. The van der Waals surface area contributed by atoms with Gasteiger partial charge in [0.2, 0.25) is 0 Å². The molecule has 0 atom stereocenters. The average Bonchev–Trinajstić information content (AvgIpc) is 2.77. The molecule has 4 aromatic rings. The third-order valence-corrected chi connectivity index (χ3v) is 3.68. The van der Waals surface area contributed by atoms with Crippen LogP contribution in [0.15, 0.2) is 109 Å². The van der Waals surface area contributed by atoms with Crippen LogP contribution in [0.3, 0.4) is 0 Å². The van der Waals surface area contributed by atoms with Crippen LogP contribution in [0.1, 0.15) is 0 Å². The minimum atomic E-state index is -1.34. The van der Waals surface area contributed by atoms with E-state index >= 15 is 0 Å². The molecule has 0 saturated carbocycles. The minimum absolute atomic E-state index is 0.525. The average molecular weight is 391 g/mol.